The lowest BCUT2D eigenvalue weighted by molar-refractivity contribution is 0.0135. The monoisotopic (exact) mass is 320 g/mol. The molecule has 1 aliphatic carbocycles. The lowest BCUT2D eigenvalue weighted by atomic mass is 9.85. The minimum absolute atomic E-state index is 0.122. The number of ether oxygens (including phenoxy) is 1. The van der Waals surface area contributed by atoms with E-state index in [1.165, 1.54) is 19.3 Å². The summed E-state index contributed by atoms with van der Waals surface area (Å²) in [6.07, 6.45) is 3.96. The summed E-state index contributed by atoms with van der Waals surface area (Å²) in [6.45, 7) is 6.83. The van der Waals surface area contributed by atoms with E-state index in [0.717, 1.165) is 50.3 Å². The van der Waals surface area contributed by atoms with Gasteiger partial charge < -0.3 is 20.2 Å². The number of nitrogens with zero attached hydrogens (tertiary/aromatic N) is 2. The third-order valence-corrected chi connectivity index (χ3v) is 4.81. The fraction of sp³-hybridized carbons (Fsp3) is 0.706. The van der Waals surface area contributed by atoms with Gasteiger partial charge in [-0.25, -0.2) is 0 Å². The predicted molar refractivity (Wildman–Crippen MR) is 90.4 cm³/mol. The highest BCUT2D eigenvalue weighted by Crippen LogP contribution is 2.25. The zero-order chi connectivity index (χ0) is 16.1. The zero-order valence-corrected chi connectivity index (χ0v) is 14.0. The van der Waals surface area contributed by atoms with E-state index in [-0.39, 0.29) is 6.04 Å². The van der Waals surface area contributed by atoms with Gasteiger partial charge in [0.15, 0.2) is 5.96 Å². The van der Waals surface area contributed by atoms with Crippen molar-refractivity contribution in [3.8, 4) is 0 Å². The van der Waals surface area contributed by atoms with Gasteiger partial charge in [-0.2, -0.15) is 0 Å². The summed E-state index contributed by atoms with van der Waals surface area (Å²) < 4.78 is 11.3. The number of rotatable bonds is 6. The molecule has 1 saturated heterocycles. The molecule has 1 unspecified atom stereocenters. The van der Waals surface area contributed by atoms with Crippen molar-refractivity contribution in [3.05, 3.63) is 23.7 Å². The van der Waals surface area contributed by atoms with E-state index in [9.17, 15) is 0 Å². The van der Waals surface area contributed by atoms with Crippen LogP contribution in [0.2, 0.25) is 0 Å². The van der Waals surface area contributed by atoms with Crippen molar-refractivity contribution in [1.82, 2.24) is 10.2 Å². The number of aryl methyl sites for hydroxylation is 1. The molecule has 6 nitrogen and oxygen atoms in total. The lowest BCUT2D eigenvalue weighted by Gasteiger charge is -2.32. The molecule has 23 heavy (non-hydrogen) atoms. The average molecular weight is 320 g/mol. The molecule has 1 aliphatic heterocycles. The highest BCUT2D eigenvalue weighted by atomic mass is 16.5. The van der Waals surface area contributed by atoms with E-state index in [4.69, 9.17) is 14.9 Å². The minimum Gasteiger partial charge on any atom is -0.465 e. The second-order valence-corrected chi connectivity index (χ2v) is 6.52. The van der Waals surface area contributed by atoms with Crippen LogP contribution in [0.3, 0.4) is 0 Å². The van der Waals surface area contributed by atoms with Crippen LogP contribution >= 0.6 is 0 Å². The summed E-state index contributed by atoms with van der Waals surface area (Å²) in [5.41, 5.74) is 6.03. The molecule has 6 heteroatoms. The van der Waals surface area contributed by atoms with Crippen LogP contribution in [-0.4, -0.2) is 50.3 Å². The molecule has 3 rings (SSSR count). The van der Waals surface area contributed by atoms with Crippen molar-refractivity contribution < 1.29 is 9.15 Å². The number of guanidine groups is 1. The second kappa shape index (κ2) is 7.84. The van der Waals surface area contributed by atoms with E-state index >= 15 is 0 Å². The molecule has 0 amide bonds. The normalized spacial score (nSPS) is 21.9. The van der Waals surface area contributed by atoms with Crippen molar-refractivity contribution in [2.24, 2.45) is 16.6 Å². The largest absolute Gasteiger partial charge is 0.465 e. The molecule has 2 heterocycles. The standard InChI is InChI=1S/C17H28N4O2/c1-13-5-6-16(23-13)15(21-7-9-22-10-8-21)12-20-17(18)19-11-14-3-2-4-14/h5-6,14-15H,2-4,7-12H2,1H3,(H3,18,19,20). The number of nitrogens with two attached hydrogens (primary N) is 1. The topological polar surface area (TPSA) is 76.0 Å². The number of aliphatic imine (C=N–C) groups is 1. The first-order chi connectivity index (χ1) is 11.2. The highest BCUT2D eigenvalue weighted by Gasteiger charge is 2.25. The van der Waals surface area contributed by atoms with Gasteiger partial charge >= 0.3 is 0 Å². The first kappa shape index (κ1) is 16.3. The molecule has 0 spiro atoms. The Bertz CT molecular complexity index is 518. The molecule has 3 N–H and O–H groups in total. The van der Waals surface area contributed by atoms with Crippen molar-refractivity contribution in [2.45, 2.75) is 32.2 Å². The van der Waals surface area contributed by atoms with Crippen LogP contribution in [0.5, 0.6) is 0 Å². The first-order valence-electron chi connectivity index (χ1n) is 8.64. The van der Waals surface area contributed by atoms with E-state index in [1.54, 1.807) is 0 Å². The molecule has 0 bridgehead atoms. The maximum atomic E-state index is 6.03. The molecule has 1 aromatic rings. The Morgan fingerprint density at radius 3 is 2.78 bits per heavy atom. The molecule has 1 atom stereocenters. The van der Waals surface area contributed by atoms with Crippen LogP contribution in [0, 0.1) is 12.8 Å². The second-order valence-electron chi connectivity index (χ2n) is 6.52. The Morgan fingerprint density at radius 2 is 2.17 bits per heavy atom. The summed E-state index contributed by atoms with van der Waals surface area (Å²) in [5, 5.41) is 3.25. The van der Waals surface area contributed by atoms with Crippen molar-refractivity contribution in [2.75, 3.05) is 39.4 Å². The molecule has 2 aliphatic rings. The van der Waals surface area contributed by atoms with Gasteiger partial charge in [0.05, 0.1) is 25.8 Å². The summed E-state index contributed by atoms with van der Waals surface area (Å²) >= 11 is 0. The molecule has 0 radical (unpaired) electrons. The van der Waals surface area contributed by atoms with Gasteiger partial charge in [0.25, 0.3) is 0 Å². The summed E-state index contributed by atoms with van der Waals surface area (Å²) in [7, 11) is 0. The number of nitrogens with one attached hydrogen (secondary N) is 1. The van der Waals surface area contributed by atoms with Crippen LogP contribution in [-0.2, 0) is 4.74 Å². The fourth-order valence-corrected chi connectivity index (χ4v) is 3.09. The van der Waals surface area contributed by atoms with Gasteiger partial charge in [0.2, 0.25) is 0 Å². The quantitative estimate of drug-likeness (QED) is 0.616. The number of furan rings is 1. The Kier molecular flexibility index (Phi) is 5.56. The lowest BCUT2D eigenvalue weighted by Crippen LogP contribution is -2.41. The van der Waals surface area contributed by atoms with Gasteiger partial charge in [-0.05, 0) is 37.8 Å². The fourth-order valence-electron chi connectivity index (χ4n) is 3.09. The Hall–Kier alpha value is -1.53. The Balaban J connectivity index is 1.60. The molecular weight excluding hydrogens is 292 g/mol. The Labute approximate surface area is 138 Å². The van der Waals surface area contributed by atoms with Gasteiger partial charge in [-0.3, -0.25) is 9.89 Å². The molecule has 2 fully saturated rings. The van der Waals surface area contributed by atoms with E-state index in [1.807, 2.05) is 19.1 Å². The van der Waals surface area contributed by atoms with Crippen LogP contribution in [0.15, 0.2) is 21.5 Å². The predicted octanol–water partition coefficient (Wildman–Crippen LogP) is 1.67. The maximum absolute atomic E-state index is 6.03. The highest BCUT2D eigenvalue weighted by molar-refractivity contribution is 5.77. The summed E-state index contributed by atoms with van der Waals surface area (Å²) in [6, 6.07) is 4.17. The smallest absolute Gasteiger partial charge is 0.188 e. The molecular formula is C17H28N4O2. The summed E-state index contributed by atoms with van der Waals surface area (Å²) in [5.74, 6) is 3.20. The van der Waals surface area contributed by atoms with Gasteiger partial charge in [0, 0.05) is 19.6 Å². The molecule has 1 saturated carbocycles. The Morgan fingerprint density at radius 1 is 1.39 bits per heavy atom. The third kappa shape index (κ3) is 4.48. The van der Waals surface area contributed by atoms with Crippen molar-refractivity contribution in [1.29, 1.82) is 0 Å². The number of hydrogen-bond acceptors (Lipinski definition) is 4. The molecule has 128 valence electrons. The van der Waals surface area contributed by atoms with Crippen molar-refractivity contribution in [3.63, 3.8) is 0 Å². The average Bonchev–Trinajstić information content (AvgIpc) is 2.93. The third-order valence-electron chi connectivity index (χ3n) is 4.81. The SMILES string of the molecule is Cc1ccc(C(CN=C(N)NCC2CCC2)N2CCOCC2)o1. The van der Waals surface area contributed by atoms with Gasteiger partial charge in [0.1, 0.15) is 11.5 Å². The van der Waals surface area contributed by atoms with E-state index < -0.39 is 0 Å². The van der Waals surface area contributed by atoms with Crippen molar-refractivity contribution >= 4 is 5.96 Å². The van der Waals surface area contributed by atoms with Crippen LogP contribution in [0.4, 0.5) is 0 Å². The van der Waals surface area contributed by atoms with Crippen LogP contribution in [0.1, 0.15) is 36.8 Å². The van der Waals surface area contributed by atoms with Crippen LogP contribution in [0.25, 0.3) is 0 Å². The van der Waals surface area contributed by atoms with Crippen LogP contribution < -0.4 is 11.1 Å². The first-order valence-corrected chi connectivity index (χ1v) is 8.64. The zero-order valence-electron chi connectivity index (χ0n) is 14.0. The molecule has 0 aromatic carbocycles. The van der Waals surface area contributed by atoms with E-state index in [2.05, 4.69) is 15.2 Å². The molecule has 1 aromatic heterocycles. The maximum Gasteiger partial charge on any atom is 0.188 e. The number of hydrogen-bond donors (Lipinski definition) is 2. The number of morpholine rings is 1. The van der Waals surface area contributed by atoms with Gasteiger partial charge in [-0.1, -0.05) is 6.42 Å². The minimum atomic E-state index is 0.122. The van der Waals surface area contributed by atoms with E-state index in [0.29, 0.717) is 12.5 Å². The summed E-state index contributed by atoms with van der Waals surface area (Å²) in [4.78, 5) is 6.92. The van der Waals surface area contributed by atoms with Gasteiger partial charge in [-0.15, -0.1) is 0 Å².